The topological polar surface area (TPSA) is 108 Å². The van der Waals surface area contributed by atoms with Gasteiger partial charge in [0.25, 0.3) is 11.8 Å². The van der Waals surface area contributed by atoms with Crippen LogP contribution in [0.5, 0.6) is 0 Å². The number of carbonyl (C=O) groups is 2. The highest BCUT2D eigenvalue weighted by Crippen LogP contribution is 2.22. The fourth-order valence-corrected chi connectivity index (χ4v) is 2.85. The molecular weight excluding hydrogens is 375 g/mol. The van der Waals surface area contributed by atoms with Crippen molar-refractivity contribution in [3.8, 4) is 11.5 Å². The number of rotatable bonds is 5. The lowest BCUT2D eigenvalue weighted by Crippen LogP contribution is -2.18. The third-order valence-corrected chi connectivity index (χ3v) is 4.16. The lowest BCUT2D eigenvalue weighted by atomic mass is 10.2. The van der Waals surface area contributed by atoms with Crippen LogP contribution in [-0.4, -0.2) is 31.1 Å². The molecule has 0 aliphatic rings. The first kappa shape index (κ1) is 18.1. The summed E-state index contributed by atoms with van der Waals surface area (Å²) in [5, 5.41) is 6.83. The third-order valence-electron chi connectivity index (χ3n) is 4.16. The van der Waals surface area contributed by atoms with Crippen LogP contribution in [0, 0.1) is 5.82 Å². The zero-order valence-corrected chi connectivity index (χ0v) is 15.0. The number of nitrogens with one attached hydrogen (secondary N) is 1. The molecule has 8 nitrogen and oxygen atoms in total. The highest BCUT2D eigenvalue weighted by molar-refractivity contribution is 6.06. The summed E-state index contributed by atoms with van der Waals surface area (Å²) in [7, 11) is 0. The van der Waals surface area contributed by atoms with Crippen molar-refractivity contribution in [2.45, 2.75) is 0 Å². The van der Waals surface area contributed by atoms with E-state index in [-0.39, 0.29) is 22.8 Å². The van der Waals surface area contributed by atoms with Gasteiger partial charge in [0.05, 0.1) is 6.20 Å². The van der Waals surface area contributed by atoms with Gasteiger partial charge in [-0.3, -0.25) is 9.59 Å². The second-order valence-electron chi connectivity index (χ2n) is 6.06. The summed E-state index contributed by atoms with van der Waals surface area (Å²) >= 11 is 0. The van der Waals surface area contributed by atoms with Gasteiger partial charge in [0.2, 0.25) is 0 Å². The Hall–Kier alpha value is -4.27. The Balaban J connectivity index is 1.76. The molecule has 2 amide bonds. The summed E-state index contributed by atoms with van der Waals surface area (Å²) in [5.41, 5.74) is 5.64. The molecule has 0 saturated heterocycles. The molecule has 144 valence electrons. The van der Waals surface area contributed by atoms with E-state index in [1.54, 1.807) is 53.4 Å². The lowest BCUT2D eigenvalue weighted by molar-refractivity contribution is 0.0991. The number of nitrogens with two attached hydrogens (primary N) is 1. The molecule has 0 saturated carbocycles. The highest BCUT2D eigenvalue weighted by Gasteiger charge is 2.21. The quantitative estimate of drug-likeness (QED) is 0.546. The number of primary amides is 1. The minimum atomic E-state index is -0.707. The fraction of sp³-hybridized carbons (Fsp3) is 0. The van der Waals surface area contributed by atoms with E-state index < -0.39 is 17.6 Å². The largest absolute Gasteiger partial charge is 0.364 e. The van der Waals surface area contributed by atoms with Crippen LogP contribution in [-0.2, 0) is 0 Å². The molecule has 9 heteroatoms. The van der Waals surface area contributed by atoms with Gasteiger partial charge >= 0.3 is 0 Å². The minimum absolute atomic E-state index is 0.0236. The van der Waals surface area contributed by atoms with Crippen LogP contribution in [0.4, 0.5) is 10.2 Å². The Morgan fingerprint density at radius 1 is 1.00 bits per heavy atom. The first-order valence-corrected chi connectivity index (χ1v) is 8.59. The van der Waals surface area contributed by atoms with Crippen LogP contribution in [0.3, 0.4) is 0 Å². The average molecular weight is 390 g/mol. The van der Waals surface area contributed by atoms with Crippen LogP contribution in [0.1, 0.15) is 20.8 Å². The number of aromatic nitrogens is 4. The van der Waals surface area contributed by atoms with Crippen LogP contribution < -0.4 is 11.1 Å². The number of benzene rings is 1. The number of nitrogens with zero attached hydrogens (tertiary/aromatic N) is 4. The van der Waals surface area contributed by atoms with Gasteiger partial charge in [0, 0.05) is 12.4 Å². The van der Waals surface area contributed by atoms with E-state index in [0.29, 0.717) is 5.82 Å². The van der Waals surface area contributed by atoms with Gasteiger partial charge < -0.3 is 15.6 Å². The molecule has 0 bridgehead atoms. The number of pyridine rings is 1. The van der Waals surface area contributed by atoms with E-state index in [2.05, 4.69) is 15.4 Å². The number of hydrogen-bond acceptors (Lipinski definition) is 4. The zero-order chi connectivity index (χ0) is 20.4. The van der Waals surface area contributed by atoms with Gasteiger partial charge in [-0.25, -0.2) is 14.1 Å². The monoisotopic (exact) mass is 390 g/mol. The van der Waals surface area contributed by atoms with Crippen molar-refractivity contribution in [3.05, 3.63) is 90.3 Å². The molecule has 0 spiro atoms. The maximum absolute atomic E-state index is 14.3. The van der Waals surface area contributed by atoms with Gasteiger partial charge in [0.15, 0.2) is 5.82 Å². The molecule has 0 unspecified atom stereocenters. The lowest BCUT2D eigenvalue weighted by Gasteiger charge is -2.11. The first-order chi connectivity index (χ1) is 14.0. The van der Waals surface area contributed by atoms with E-state index in [1.807, 2.05) is 0 Å². The van der Waals surface area contributed by atoms with E-state index in [4.69, 9.17) is 5.73 Å². The summed E-state index contributed by atoms with van der Waals surface area (Å²) in [4.78, 5) is 28.2. The molecule has 0 radical (unpaired) electrons. The van der Waals surface area contributed by atoms with Crippen molar-refractivity contribution in [2.75, 3.05) is 5.32 Å². The van der Waals surface area contributed by atoms with Crippen molar-refractivity contribution >= 4 is 17.6 Å². The summed E-state index contributed by atoms with van der Waals surface area (Å²) in [5.74, 6) is -1.20. The summed E-state index contributed by atoms with van der Waals surface area (Å²) in [6.45, 7) is 0. The zero-order valence-electron chi connectivity index (χ0n) is 15.0. The van der Waals surface area contributed by atoms with E-state index in [1.165, 1.54) is 29.1 Å². The fourth-order valence-electron chi connectivity index (χ4n) is 2.85. The molecule has 0 aliphatic heterocycles. The molecule has 0 aliphatic carbocycles. The Morgan fingerprint density at radius 2 is 1.76 bits per heavy atom. The first-order valence-electron chi connectivity index (χ1n) is 8.59. The molecule has 0 atom stereocenters. The smallest absolute Gasteiger partial charge is 0.267 e. The predicted octanol–water partition coefficient (Wildman–Crippen LogP) is 2.55. The van der Waals surface area contributed by atoms with Crippen molar-refractivity contribution in [1.82, 2.24) is 19.3 Å². The Labute approximate surface area is 164 Å². The molecule has 4 rings (SSSR count). The Morgan fingerprint density at radius 3 is 2.48 bits per heavy atom. The number of amides is 2. The van der Waals surface area contributed by atoms with Crippen molar-refractivity contribution in [2.24, 2.45) is 5.73 Å². The van der Waals surface area contributed by atoms with Gasteiger partial charge in [-0.05, 0) is 36.4 Å². The van der Waals surface area contributed by atoms with Crippen molar-refractivity contribution in [3.63, 3.8) is 0 Å². The second-order valence-corrected chi connectivity index (χ2v) is 6.06. The maximum atomic E-state index is 14.3. The van der Waals surface area contributed by atoms with Crippen LogP contribution in [0.15, 0.2) is 73.2 Å². The van der Waals surface area contributed by atoms with Crippen molar-refractivity contribution in [1.29, 1.82) is 0 Å². The molecule has 29 heavy (non-hydrogen) atoms. The number of para-hydroxylation sites is 1. The minimum Gasteiger partial charge on any atom is -0.364 e. The van der Waals surface area contributed by atoms with Crippen LogP contribution >= 0.6 is 0 Å². The maximum Gasteiger partial charge on any atom is 0.267 e. The number of halogens is 1. The summed E-state index contributed by atoms with van der Waals surface area (Å²) < 4.78 is 17.3. The molecule has 1 aromatic carbocycles. The molecular formula is C20H15FN6O2. The molecule has 0 fully saturated rings. The number of hydrogen-bond donors (Lipinski definition) is 2. The second kappa shape index (κ2) is 7.39. The van der Waals surface area contributed by atoms with Gasteiger partial charge in [-0.1, -0.05) is 18.2 Å². The van der Waals surface area contributed by atoms with Gasteiger partial charge in [-0.15, -0.1) is 0 Å². The molecule has 4 aromatic rings. The SMILES string of the molecule is NC(=O)c1cccc(NC(=O)c2cnn(-c3ccccc3F)c2-n2cccc2)n1. The van der Waals surface area contributed by atoms with E-state index in [0.717, 1.165) is 0 Å². The average Bonchev–Trinajstić information content (AvgIpc) is 3.38. The van der Waals surface area contributed by atoms with Crippen molar-refractivity contribution < 1.29 is 14.0 Å². The van der Waals surface area contributed by atoms with E-state index >= 15 is 0 Å². The molecule has 3 heterocycles. The Bertz CT molecular complexity index is 1200. The molecule has 3 aromatic heterocycles. The van der Waals surface area contributed by atoms with Gasteiger partial charge in [0.1, 0.15) is 28.6 Å². The highest BCUT2D eigenvalue weighted by atomic mass is 19.1. The Kier molecular flexibility index (Phi) is 4.62. The number of anilines is 1. The normalized spacial score (nSPS) is 10.7. The van der Waals surface area contributed by atoms with Gasteiger partial charge in [-0.2, -0.15) is 5.10 Å². The predicted molar refractivity (Wildman–Crippen MR) is 104 cm³/mol. The summed E-state index contributed by atoms with van der Waals surface area (Å²) in [6, 6.07) is 14.2. The third kappa shape index (κ3) is 3.48. The summed E-state index contributed by atoms with van der Waals surface area (Å²) in [6.07, 6.45) is 4.78. The van der Waals surface area contributed by atoms with Crippen LogP contribution in [0.25, 0.3) is 11.5 Å². The standard InChI is InChI=1S/C20H15FN6O2/c21-14-6-1-2-8-16(14)27-20(26-10-3-4-11-26)13(12-23-27)19(29)25-17-9-5-7-15(24-17)18(22)28/h1-12H,(H2,22,28)(H,24,25,29). The van der Waals surface area contributed by atoms with Crippen LogP contribution in [0.2, 0.25) is 0 Å². The molecule has 3 N–H and O–H groups in total. The van der Waals surface area contributed by atoms with E-state index in [9.17, 15) is 14.0 Å². The number of carbonyl (C=O) groups excluding carboxylic acids is 2.